The van der Waals surface area contributed by atoms with Crippen molar-refractivity contribution in [1.29, 1.82) is 0 Å². The van der Waals surface area contributed by atoms with E-state index in [2.05, 4.69) is 29.5 Å². The topological polar surface area (TPSA) is 103 Å². The van der Waals surface area contributed by atoms with Crippen LogP contribution < -0.4 is 15.4 Å². The van der Waals surface area contributed by atoms with Gasteiger partial charge in [-0.1, -0.05) is 26.0 Å². The van der Waals surface area contributed by atoms with Gasteiger partial charge in [0, 0.05) is 23.4 Å². The molecule has 1 atom stereocenters. The van der Waals surface area contributed by atoms with E-state index in [1.54, 1.807) is 19.1 Å². The van der Waals surface area contributed by atoms with E-state index >= 15 is 0 Å². The van der Waals surface area contributed by atoms with Gasteiger partial charge < -0.3 is 24.5 Å². The number of benzene rings is 3. The minimum Gasteiger partial charge on any atom is -0.491 e. The van der Waals surface area contributed by atoms with Gasteiger partial charge in [-0.2, -0.15) is 0 Å². The SMILES string of the molecule is CCOC(=O)CCNC(=O)c1ccc(N[C@H](COc2ccc(-c3nc4ccccc4o3)cc2)C(C)C)cc1. The molecule has 0 fully saturated rings. The van der Waals surface area contributed by atoms with Gasteiger partial charge in [-0.25, -0.2) is 4.98 Å². The van der Waals surface area contributed by atoms with Crippen LogP contribution >= 0.6 is 0 Å². The van der Waals surface area contributed by atoms with E-state index in [1.807, 2.05) is 60.7 Å². The lowest BCUT2D eigenvalue weighted by Crippen LogP contribution is -2.32. The lowest BCUT2D eigenvalue weighted by molar-refractivity contribution is -0.142. The summed E-state index contributed by atoms with van der Waals surface area (Å²) in [6.45, 7) is 7.04. The van der Waals surface area contributed by atoms with Crippen molar-refractivity contribution in [3.8, 4) is 17.2 Å². The number of anilines is 1. The van der Waals surface area contributed by atoms with E-state index in [0.717, 1.165) is 28.1 Å². The van der Waals surface area contributed by atoms with Crippen molar-refractivity contribution in [1.82, 2.24) is 10.3 Å². The molecule has 3 aromatic carbocycles. The largest absolute Gasteiger partial charge is 0.491 e. The highest BCUT2D eigenvalue weighted by Gasteiger charge is 2.15. The van der Waals surface area contributed by atoms with Crippen molar-refractivity contribution in [2.24, 2.45) is 5.92 Å². The molecule has 1 aromatic heterocycles. The number of aromatic nitrogens is 1. The van der Waals surface area contributed by atoms with E-state index in [4.69, 9.17) is 13.9 Å². The number of esters is 1. The Hall–Kier alpha value is -4.33. The molecule has 0 aliphatic carbocycles. The summed E-state index contributed by atoms with van der Waals surface area (Å²) in [5.74, 6) is 1.09. The van der Waals surface area contributed by atoms with Crippen LogP contribution in [0.5, 0.6) is 5.75 Å². The molecule has 0 aliphatic rings. The summed E-state index contributed by atoms with van der Waals surface area (Å²) in [7, 11) is 0. The highest BCUT2D eigenvalue weighted by atomic mass is 16.5. The molecular formula is C30H33N3O5. The van der Waals surface area contributed by atoms with Gasteiger partial charge in [0.05, 0.1) is 19.1 Å². The second-order valence-corrected chi connectivity index (χ2v) is 9.21. The van der Waals surface area contributed by atoms with Gasteiger partial charge in [-0.3, -0.25) is 9.59 Å². The molecule has 1 amide bonds. The van der Waals surface area contributed by atoms with Gasteiger partial charge in [0.15, 0.2) is 5.58 Å². The maximum Gasteiger partial charge on any atom is 0.307 e. The molecule has 8 nitrogen and oxygen atoms in total. The molecule has 1 heterocycles. The standard InChI is InChI=1S/C30H33N3O5/c1-4-36-28(34)17-18-31-29(35)21-9-13-23(14-10-21)32-26(20(2)3)19-37-24-15-11-22(12-16-24)30-33-25-7-5-6-8-27(25)38-30/h5-16,20,26,32H,4,17-19H2,1-3H3,(H,31,35)/t26-/m1/s1. The van der Waals surface area contributed by atoms with Gasteiger partial charge in [-0.05, 0) is 73.5 Å². The summed E-state index contributed by atoms with van der Waals surface area (Å²) >= 11 is 0. The van der Waals surface area contributed by atoms with Crippen LogP contribution in [0.15, 0.2) is 77.2 Å². The highest BCUT2D eigenvalue weighted by molar-refractivity contribution is 5.94. The van der Waals surface area contributed by atoms with Crippen LogP contribution in [-0.4, -0.2) is 42.7 Å². The predicted octanol–water partition coefficient (Wildman–Crippen LogP) is 5.69. The Morgan fingerprint density at radius 1 is 0.974 bits per heavy atom. The summed E-state index contributed by atoms with van der Waals surface area (Å²) in [5.41, 5.74) is 3.89. The normalized spacial score (nSPS) is 11.8. The Balaban J connectivity index is 1.29. The minimum atomic E-state index is -0.326. The van der Waals surface area contributed by atoms with E-state index in [1.165, 1.54) is 0 Å². The third kappa shape index (κ3) is 7.12. The molecule has 0 aliphatic heterocycles. The number of ether oxygens (including phenoxy) is 2. The number of para-hydroxylation sites is 2. The Morgan fingerprint density at radius 3 is 2.39 bits per heavy atom. The maximum atomic E-state index is 12.3. The molecule has 4 aromatic rings. The number of rotatable bonds is 12. The zero-order valence-corrected chi connectivity index (χ0v) is 21.9. The van der Waals surface area contributed by atoms with Crippen LogP contribution in [-0.2, 0) is 9.53 Å². The van der Waals surface area contributed by atoms with E-state index in [-0.39, 0.29) is 30.9 Å². The number of carbonyl (C=O) groups excluding carboxylic acids is 2. The summed E-state index contributed by atoms with van der Waals surface area (Å²) in [6, 6.07) is 22.7. The van der Waals surface area contributed by atoms with Crippen molar-refractivity contribution in [2.45, 2.75) is 33.2 Å². The summed E-state index contributed by atoms with van der Waals surface area (Å²) < 4.78 is 16.8. The summed E-state index contributed by atoms with van der Waals surface area (Å²) in [4.78, 5) is 28.3. The van der Waals surface area contributed by atoms with Crippen molar-refractivity contribution < 1.29 is 23.5 Å². The van der Waals surface area contributed by atoms with Crippen molar-refractivity contribution in [3.63, 3.8) is 0 Å². The third-order valence-corrected chi connectivity index (χ3v) is 6.05. The van der Waals surface area contributed by atoms with Crippen molar-refractivity contribution in [2.75, 3.05) is 25.1 Å². The van der Waals surface area contributed by atoms with Crippen LogP contribution in [0, 0.1) is 5.92 Å². The van der Waals surface area contributed by atoms with Gasteiger partial charge in [0.2, 0.25) is 5.89 Å². The van der Waals surface area contributed by atoms with Crippen LogP contribution in [0.25, 0.3) is 22.6 Å². The Labute approximate surface area is 222 Å². The number of nitrogens with zero attached hydrogens (tertiary/aromatic N) is 1. The molecule has 0 saturated heterocycles. The van der Waals surface area contributed by atoms with Gasteiger partial charge in [-0.15, -0.1) is 0 Å². The first-order valence-corrected chi connectivity index (χ1v) is 12.8. The molecule has 4 rings (SSSR count). The molecule has 8 heteroatoms. The first kappa shape index (κ1) is 26.7. The predicted molar refractivity (Wildman–Crippen MR) is 147 cm³/mol. The first-order valence-electron chi connectivity index (χ1n) is 12.8. The number of oxazole rings is 1. The number of carbonyl (C=O) groups is 2. The zero-order chi connectivity index (χ0) is 26.9. The minimum absolute atomic E-state index is 0.0518. The zero-order valence-electron chi connectivity index (χ0n) is 21.9. The molecule has 38 heavy (non-hydrogen) atoms. The third-order valence-electron chi connectivity index (χ3n) is 6.05. The fraction of sp³-hybridized carbons (Fsp3) is 0.300. The van der Waals surface area contributed by atoms with E-state index in [0.29, 0.717) is 30.6 Å². The molecule has 0 unspecified atom stereocenters. The van der Waals surface area contributed by atoms with Gasteiger partial charge >= 0.3 is 5.97 Å². The average Bonchev–Trinajstić information content (AvgIpc) is 3.36. The molecule has 0 radical (unpaired) electrons. The molecule has 198 valence electrons. The Bertz CT molecular complexity index is 1310. The van der Waals surface area contributed by atoms with E-state index in [9.17, 15) is 9.59 Å². The van der Waals surface area contributed by atoms with Crippen LogP contribution in [0.2, 0.25) is 0 Å². The van der Waals surface area contributed by atoms with Crippen LogP contribution in [0.1, 0.15) is 37.6 Å². The second kappa shape index (κ2) is 12.8. The molecule has 0 spiro atoms. The lowest BCUT2D eigenvalue weighted by Gasteiger charge is -2.24. The smallest absolute Gasteiger partial charge is 0.307 e. The van der Waals surface area contributed by atoms with Crippen molar-refractivity contribution in [3.05, 3.63) is 78.4 Å². The Kier molecular flexibility index (Phi) is 8.98. The van der Waals surface area contributed by atoms with Gasteiger partial charge in [0.25, 0.3) is 5.91 Å². The number of amides is 1. The number of hydrogen-bond donors (Lipinski definition) is 2. The molecule has 2 N–H and O–H groups in total. The second-order valence-electron chi connectivity index (χ2n) is 9.21. The molecule has 0 bridgehead atoms. The Morgan fingerprint density at radius 2 is 1.71 bits per heavy atom. The van der Waals surface area contributed by atoms with E-state index < -0.39 is 0 Å². The first-order chi connectivity index (χ1) is 18.4. The maximum absolute atomic E-state index is 12.3. The van der Waals surface area contributed by atoms with Gasteiger partial charge in [0.1, 0.15) is 17.9 Å². The fourth-order valence-corrected chi connectivity index (χ4v) is 3.82. The number of nitrogens with one attached hydrogen (secondary N) is 2. The number of hydrogen-bond acceptors (Lipinski definition) is 7. The monoisotopic (exact) mass is 515 g/mol. The lowest BCUT2D eigenvalue weighted by atomic mass is 10.0. The quantitative estimate of drug-likeness (QED) is 0.234. The summed E-state index contributed by atoms with van der Waals surface area (Å²) in [5, 5.41) is 6.23. The average molecular weight is 516 g/mol. The highest BCUT2D eigenvalue weighted by Crippen LogP contribution is 2.26. The molecular weight excluding hydrogens is 482 g/mol. The fourth-order valence-electron chi connectivity index (χ4n) is 3.82. The van der Waals surface area contributed by atoms with Crippen LogP contribution in [0.4, 0.5) is 5.69 Å². The van der Waals surface area contributed by atoms with Crippen molar-refractivity contribution >= 4 is 28.7 Å². The number of fused-ring (bicyclic) bond motifs is 1. The van der Waals surface area contributed by atoms with Crippen LogP contribution in [0.3, 0.4) is 0 Å². The molecule has 0 saturated carbocycles. The summed E-state index contributed by atoms with van der Waals surface area (Å²) in [6.07, 6.45) is 0.148.